The highest BCUT2D eigenvalue weighted by Crippen LogP contribution is 2.34. The standard InChI is InChI=1S/C9H9FN2S/c10-6-2-1-3-7-9(6)12-8(11)4-5-13-7/h1-3H,4-5H2,(H2,11,12). The van der Waals surface area contributed by atoms with E-state index in [0.717, 1.165) is 17.1 Å². The summed E-state index contributed by atoms with van der Waals surface area (Å²) in [7, 11) is 0. The monoisotopic (exact) mass is 196 g/mol. The van der Waals surface area contributed by atoms with Gasteiger partial charge in [-0.05, 0) is 12.1 Å². The molecule has 0 spiro atoms. The number of benzene rings is 1. The maximum absolute atomic E-state index is 13.2. The molecule has 2 N–H and O–H groups in total. The topological polar surface area (TPSA) is 38.4 Å². The Morgan fingerprint density at radius 3 is 3.15 bits per heavy atom. The molecule has 4 heteroatoms. The fourth-order valence-electron chi connectivity index (χ4n) is 1.19. The molecule has 0 radical (unpaired) electrons. The van der Waals surface area contributed by atoms with Crippen molar-refractivity contribution in [1.29, 1.82) is 0 Å². The van der Waals surface area contributed by atoms with Crippen LogP contribution >= 0.6 is 11.8 Å². The highest BCUT2D eigenvalue weighted by atomic mass is 32.2. The number of thioether (sulfide) groups is 1. The van der Waals surface area contributed by atoms with Crippen LogP contribution in [0.3, 0.4) is 0 Å². The quantitative estimate of drug-likeness (QED) is 0.691. The highest BCUT2D eigenvalue weighted by molar-refractivity contribution is 7.99. The Hall–Kier alpha value is -1.03. The molecule has 0 saturated carbocycles. The van der Waals surface area contributed by atoms with Gasteiger partial charge >= 0.3 is 0 Å². The molecule has 1 aliphatic heterocycles. The van der Waals surface area contributed by atoms with E-state index in [9.17, 15) is 4.39 Å². The number of hydrogen-bond acceptors (Lipinski definition) is 3. The van der Waals surface area contributed by atoms with Crippen molar-refractivity contribution < 1.29 is 4.39 Å². The Morgan fingerprint density at radius 1 is 1.46 bits per heavy atom. The van der Waals surface area contributed by atoms with Crippen molar-refractivity contribution in [3.8, 4) is 0 Å². The van der Waals surface area contributed by atoms with Crippen LogP contribution in [0.1, 0.15) is 6.42 Å². The second-order valence-electron chi connectivity index (χ2n) is 2.79. The van der Waals surface area contributed by atoms with Crippen LogP contribution in [0, 0.1) is 5.82 Å². The van der Waals surface area contributed by atoms with Crippen LogP contribution in [-0.2, 0) is 0 Å². The van der Waals surface area contributed by atoms with Crippen molar-refractivity contribution in [1.82, 2.24) is 0 Å². The molecule has 1 aromatic rings. The molecule has 2 nitrogen and oxygen atoms in total. The molecule has 0 saturated heterocycles. The number of para-hydroxylation sites is 1. The molecule has 0 aromatic heterocycles. The number of amidine groups is 1. The van der Waals surface area contributed by atoms with Gasteiger partial charge in [-0.25, -0.2) is 9.38 Å². The fraction of sp³-hybridized carbons (Fsp3) is 0.222. The maximum Gasteiger partial charge on any atom is 0.150 e. The van der Waals surface area contributed by atoms with Crippen molar-refractivity contribution in [3.05, 3.63) is 24.0 Å². The Bertz CT molecular complexity index is 363. The van der Waals surface area contributed by atoms with Gasteiger partial charge in [0.1, 0.15) is 17.3 Å². The Kier molecular flexibility index (Phi) is 2.22. The summed E-state index contributed by atoms with van der Waals surface area (Å²) in [6.45, 7) is 0. The van der Waals surface area contributed by atoms with Crippen molar-refractivity contribution in [2.75, 3.05) is 5.75 Å². The molecule has 0 unspecified atom stereocenters. The molecule has 0 atom stereocenters. The van der Waals surface area contributed by atoms with E-state index in [0.29, 0.717) is 11.5 Å². The van der Waals surface area contributed by atoms with Crippen LogP contribution in [0.15, 0.2) is 28.1 Å². The second-order valence-corrected chi connectivity index (χ2v) is 3.92. The molecule has 0 fully saturated rings. The van der Waals surface area contributed by atoms with E-state index >= 15 is 0 Å². The zero-order valence-corrected chi connectivity index (χ0v) is 7.77. The zero-order valence-electron chi connectivity index (χ0n) is 6.96. The van der Waals surface area contributed by atoms with Gasteiger partial charge in [-0.1, -0.05) is 6.07 Å². The van der Waals surface area contributed by atoms with E-state index in [2.05, 4.69) is 4.99 Å². The van der Waals surface area contributed by atoms with Crippen LogP contribution in [0.2, 0.25) is 0 Å². The minimum Gasteiger partial charge on any atom is -0.387 e. The zero-order chi connectivity index (χ0) is 9.26. The maximum atomic E-state index is 13.2. The summed E-state index contributed by atoms with van der Waals surface area (Å²) in [5.41, 5.74) is 5.98. The van der Waals surface area contributed by atoms with Crippen molar-refractivity contribution in [3.63, 3.8) is 0 Å². The van der Waals surface area contributed by atoms with Gasteiger partial charge in [0.05, 0.1) is 0 Å². The Labute approximate surface area is 80.0 Å². The number of rotatable bonds is 0. The first kappa shape index (κ1) is 8.56. The van der Waals surface area contributed by atoms with Gasteiger partial charge in [-0.2, -0.15) is 0 Å². The van der Waals surface area contributed by atoms with E-state index in [-0.39, 0.29) is 5.82 Å². The first-order valence-electron chi connectivity index (χ1n) is 4.02. The highest BCUT2D eigenvalue weighted by Gasteiger charge is 2.11. The van der Waals surface area contributed by atoms with Gasteiger partial charge in [0.2, 0.25) is 0 Å². The summed E-state index contributed by atoms with van der Waals surface area (Å²) < 4.78 is 13.2. The lowest BCUT2D eigenvalue weighted by atomic mass is 10.3. The van der Waals surface area contributed by atoms with Gasteiger partial charge in [0.25, 0.3) is 0 Å². The number of halogens is 1. The Balaban J connectivity index is 2.55. The van der Waals surface area contributed by atoms with Gasteiger partial charge < -0.3 is 5.73 Å². The molecule has 68 valence electrons. The van der Waals surface area contributed by atoms with E-state index in [1.54, 1.807) is 17.8 Å². The van der Waals surface area contributed by atoms with Gasteiger partial charge in [0.15, 0.2) is 0 Å². The minimum absolute atomic E-state index is 0.296. The van der Waals surface area contributed by atoms with Crippen LogP contribution in [-0.4, -0.2) is 11.6 Å². The molecule has 2 rings (SSSR count). The van der Waals surface area contributed by atoms with Crippen molar-refractivity contribution in [2.45, 2.75) is 11.3 Å². The smallest absolute Gasteiger partial charge is 0.150 e. The summed E-state index contributed by atoms with van der Waals surface area (Å²) in [4.78, 5) is 4.91. The van der Waals surface area contributed by atoms with Crippen LogP contribution < -0.4 is 5.73 Å². The van der Waals surface area contributed by atoms with Crippen LogP contribution in [0.5, 0.6) is 0 Å². The fourth-order valence-corrected chi connectivity index (χ4v) is 2.17. The largest absolute Gasteiger partial charge is 0.387 e. The van der Waals surface area contributed by atoms with Crippen molar-refractivity contribution in [2.24, 2.45) is 10.7 Å². The predicted molar refractivity (Wildman–Crippen MR) is 53.0 cm³/mol. The predicted octanol–water partition coefficient (Wildman–Crippen LogP) is 2.31. The van der Waals surface area contributed by atoms with Gasteiger partial charge in [-0.3, -0.25) is 0 Å². The average Bonchev–Trinajstić information content (AvgIpc) is 2.28. The third-order valence-corrected chi connectivity index (χ3v) is 2.87. The molecule has 1 aliphatic rings. The average molecular weight is 196 g/mol. The molecule has 1 aromatic carbocycles. The second kappa shape index (κ2) is 3.38. The summed E-state index contributed by atoms with van der Waals surface area (Å²) in [5.74, 6) is 1.08. The molecular formula is C9H9FN2S. The molecule has 0 aliphatic carbocycles. The number of hydrogen-bond donors (Lipinski definition) is 1. The first-order chi connectivity index (χ1) is 6.27. The van der Waals surface area contributed by atoms with E-state index < -0.39 is 0 Å². The van der Waals surface area contributed by atoms with E-state index in [1.807, 2.05) is 6.07 Å². The number of nitrogens with zero attached hydrogens (tertiary/aromatic N) is 1. The summed E-state index contributed by atoms with van der Waals surface area (Å²) >= 11 is 1.59. The summed E-state index contributed by atoms with van der Waals surface area (Å²) in [6, 6.07) is 4.96. The van der Waals surface area contributed by atoms with Gasteiger partial charge in [0, 0.05) is 17.1 Å². The molecule has 1 heterocycles. The Morgan fingerprint density at radius 2 is 2.31 bits per heavy atom. The van der Waals surface area contributed by atoms with Crippen molar-refractivity contribution >= 4 is 23.3 Å². The SMILES string of the molecule is NC1=Nc2c(F)cccc2SCC1. The molecule has 0 bridgehead atoms. The number of nitrogens with two attached hydrogens (primary N) is 1. The number of fused-ring (bicyclic) bond motifs is 1. The lowest BCUT2D eigenvalue weighted by Crippen LogP contribution is -2.10. The van der Waals surface area contributed by atoms with E-state index in [4.69, 9.17) is 5.73 Å². The van der Waals surface area contributed by atoms with E-state index in [1.165, 1.54) is 6.07 Å². The molecule has 0 amide bonds. The third-order valence-electron chi connectivity index (χ3n) is 1.82. The van der Waals surface area contributed by atoms with Crippen LogP contribution in [0.25, 0.3) is 0 Å². The third kappa shape index (κ3) is 1.67. The summed E-state index contributed by atoms with van der Waals surface area (Å²) in [5, 5.41) is 0. The van der Waals surface area contributed by atoms with Gasteiger partial charge in [-0.15, -0.1) is 11.8 Å². The minimum atomic E-state index is -0.296. The summed E-state index contributed by atoms with van der Waals surface area (Å²) in [6.07, 6.45) is 0.721. The van der Waals surface area contributed by atoms with Crippen LogP contribution in [0.4, 0.5) is 10.1 Å². The lowest BCUT2D eigenvalue weighted by Gasteiger charge is -2.01. The first-order valence-corrected chi connectivity index (χ1v) is 5.00. The lowest BCUT2D eigenvalue weighted by molar-refractivity contribution is 0.626. The molecule has 13 heavy (non-hydrogen) atoms. The molecular weight excluding hydrogens is 187 g/mol. The normalized spacial score (nSPS) is 15.9. The number of aliphatic imine (C=N–C) groups is 1.